The molecule has 2 rings (SSSR count). The summed E-state index contributed by atoms with van der Waals surface area (Å²) in [7, 11) is 0. The Labute approximate surface area is 126 Å². The predicted octanol–water partition coefficient (Wildman–Crippen LogP) is 2.07. The number of nitrogens with two attached hydrogens (primary N) is 2. The second-order valence-electron chi connectivity index (χ2n) is 4.38. The van der Waals surface area contributed by atoms with Gasteiger partial charge in [-0.05, 0) is 24.3 Å². The third-order valence-electron chi connectivity index (χ3n) is 2.69. The van der Waals surface area contributed by atoms with Crippen LogP contribution in [0.15, 0.2) is 46.6 Å². The van der Waals surface area contributed by atoms with E-state index in [1.165, 1.54) is 6.07 Å². The molecule has 0 fully saturated rings. The molecule has 1 amide bonds. The molecule has 6 N–H and O–H groups in total. The lowest BCUT2D eigenvalue weighted by Crippen LogP contribution is -2.17. The molecule has 8 heteroatoms. The minimum absolute atomic E-state index is 0.0171. The molecule has 0 aliphatic rings. The van der Waals surface area contributed by atoms with Crippen LogP contribution in [0.25, 0.3) is 0 Å². The highest BCUT2D eigenvalue weighted by Crippen LogP contribution is 2.29. The Kier molecular flexibility index (Phi) is 4.99. The lowest BCUT2D eigenvalue weighted by molar-refractivity contribution is -0.116. The number of carbonyl (C=O) groups is 1. The quantitative estimate of drug-likeness (QED) is 0.626. The second kappa shape index (κ2) is 7.14. The van der Waals surface area contributed by atoms with Gasteiger partial charge in [-0.3, -0.25) is 4.79 Å². The number of nitrogens with zero attached hydrogens (tertiary/aromatic N) is 3. The summed E-state index contributed by atoms with van der Waals surface area (Å²) in [5.74, 6) is 0.212. The van der Waals surface area contributed by atoms with Gasteiger partial charge >= 0.3 is 0 Å². The molecule has 0 spiro atoms. The monoisotopic (exact) mass is 300 g/mol. The molecular formula is C14H16N6O2. The first-order chi connectivity index (χ1) is 10.6. The van der Waals surface area contributed by atoms with E-state index >= 15 is 0 Å². The Morgan fingerprint density at radius 1 is 1.18 bits per heavy atom. The molecule has 0 bridgehead atoms. The number of aromatic nitrogens is 1. The summed E-state index contributed by atoms with van der Waals surface area (Å²) in [5, 5.41) is 20.0. The first-order valence-corrected chi connectivity index (χ1v) is 6.56. The fourth-order valence-corrected chi connectivity index (χ4v) is 1.61. The molecule has 8 nitrogen and oxygen atoms in total. The van der Waals surface area contributed by atoms with Gasteiger partial charge in [-0.25, -0.2) is 4.98 Å². The van der Waals surface area contributed by atoms with Crippen molar-refractivity contribution in [1.29, 1.82) is 0 Å². The van der Waals surface area contributed by atoms with Crippen molar-refractivity contribution in [3.8, 4) is 5.75 Å². The summed E-state index contributed by atoms with van der Waals surface area (Å²) in [5.41, 5.74) is 11.7. The Morgan fingerprint density at radius 2 is 1.91 bits per heavy atom. The average Bonchev–Trinajstić information content (AvgIpc) is 2.48. The molecule has 2 aromatic rings. The predicted molar refractivity (Wildman–Crippen MR) is 83.2 cm³/mol. The van der Waals surface area contributed by atoms with Crippen molar-refractivity contribution < 1.29 is 9.90 Å². The van der Waals surface area contributed by atoms with E-state index in [-0.39, 0.29) is 30.4 Å². The Bertz CT molecular complexity index is 701. The van der Waals surface area contributed by atoms with Crippen molar-refractivity contribution >= 4 is 28.9 Å². The molecule has 0 radical (unpaired) electrons. The molecule has 0 saturated carbocycles. The van der Waals surface area contributed by atoms with Crippen molar-refractivity contribution in [3.63, 3.8) is 0 Å². The molecule has 22 heavy (non-hydrogen) atoms. The fourth-order valence-electron chi connectivity index (χ4n) is 1.61. The first kappa shape index (κ1) is 15.4. The lowest BCUT2D eigenvalue weighted by Gasteiger charge is -2.05. The maximum Gasteiger partial charge on any atom is 0.226 e. The van der Waals surface area contributed by atoms with E-state index in [2.05, 4.69) is 20.5 Å². The van der Waals surface area contributed by atoms with Crippen molar-refractivity contribution in [2.75, 3.05) is 17.6 Å². The topological polar surface area (TPSA) is 139 Å². The van der Waals surface area contributed by atoms with Gasteiger partial charge in [-0.2, -0.15) is 0 Å². The number of pyridine rings is 1. The van der Waals surface area contributed by atoms with E-state index in [9.17, 15) is 9.90 Å². The zero-order valence-corrected chi connectivity index (χ0v) is 11.7. The molecule has 114 valence electrons. The van der Waals surface area contributed by atoms with Crippen molar-refractivity contribution in [3.05, 3.63) is 36.4 Å². The van der Waals surface area contributed by atoms with Crippen LogP contribution < -0.4 is 16.8 Å². The number of nitrogens with one attached hydrogen (secondary N) is 1. The zero-order chi connectivity index (χ0) is 15.9. The summed E-state index contributed by atoms with van der Waals surface area (Å²) in [4.78, 5) is 15.4. The maximum absolute atomic E-state index is 11.4. The molecular weight excluding hydrogens is 284 g/mol. The molecule has 0 aliphatic carbocycles. The van der Waals surface area contributed by atoms with Crippen molar-refractivity contribution in [2.45, 2.75) is 6.42 Å². The minimum atomic E-state index is -0.238. The number of hydrogen-bond donors (Lipinski definition) is 4. The molecule has 0 atom stereocenters. The number of nitrogen functional groups attached to an aromatic ring is 1. The first-order valence-electron chi connectivity index (χ1n) is 6.56. The van der Waals surface area contributed by atoms with Gasteiger partial charge in [0.25, 0.3) is 0 Å². The van der Waals surface area contributed by atoms with Crippen molar-refractivity contribution in [2.24, 2.45) is 16.0 Å². The van der Waals surface area contributed by atoms with E-state index in [4.69, 9.17) is 11.5 Å². The Hall–Kier alpha value is -3.00. The van der Waals surface area contributed by atoms with E-state index < -0.39 is 0 Å². The number of amides is 1. The van der Waals surface area contributed by atoms with Gasteiger partial charge in [0.15, 0.2) is 5.82 Å². The molecule has 0 aliphatic heterocycles. The van der Waals surface area contributed by atoms with Gasteiger partial charge in [0.05, 0.1) is 0 Å². The standard InChI is InChI=1S/C14H16N6O2/c15-8-7-13(22)17-12-6-5-10(14(16)18-12)20-19-9-3-1-2-4-11(9)21/h1-6,21H,7-8,15H2,(H3,16,17,18,22)/b20-19+. The van der Waals surface area contributed by atoms with Gasteiger partial charge < -0.3 is 21.9 Å². The zero-order valence-electron chi connectivity index (χ0n) is 11.7. The Morgan fingerprint density at radius 3 is 2.59 bits per heavy atom. The molecule has 1 aromatic heterocycles. The molecule has 1 heterocycles. The Balaban J connectivity index is 2.13. The number of benzene rings is 1. The highest BCUT2D eigenvalue weighted by Gasteiger charge is 2.06. The van der Waals surface area contributed by atoms with Crippen LogP contribution in [0.3, 0.4) is 0 Å². The fraction of sp³-hybridized carbons (Fsp3) is 0.143. The summed E-state index contributed by atoms with van der Waals surface area (Å²) in [6.45, 7) is 0.258. The number of phenolic OH excluding ortho intramolecular Hbond substituents is 1. The van der Waals surface area contributed by atoms with Crippen LogP contribution in [0.5, 0.6) is 5.75 Å². The number of phenols is 1. The number of rotatable bonds is 5. The minimum Gasteiger partial charge on any atom is -0.506 e. The SMILES string of the molecule is NCCC(=O)Nc1ccc(/N=N/c2ccccc2O)c(N)n1. The van der Waals surface area contributed by atoms with Crippen LogP contribution in [0.4, 0.5) is 23.0 Å². The third-order valence-corrected chi connectivity index (χ3v) is 2.69. The largest absolute Gasteiger partial charge is 0.506 e. The molecule has 0 saturated heterocycles. The number of para-hydroxylation sites is 1. The molecule has 1 aromatic carbocycles. The van der Waals surface area contributed by atoms with E-state index in [0.717, 1.165) is 0 Å². The van der Waals surface area contributed by atoms with Crippen LogP contribution in [-0.2, 0) is 4.79 Å². The third kappa shape index (κ3) is 4.00. The van der Waals surface area contributed by atoms with Gasteiger partial charge in [-0.15, -0.1) is 10.2 Å². The van der Waals surface area contributed by atoms with Crippen molar-refractivity contribution in [1.82, 2.24) is 4.98 Å². The number of aromatic hydroxyl groups is 1. The van der Waals surface area contributed by atoms with Crippen LogP contribution in [0.2, 0.25) is 0 Å². The summed E-state index contributed by atoms with van der Waals surface area (Å²) >= 11 is 0. The summed E-state index contributed by atoms with van der Waals surface area (Å²) in [6, 6.07) is 9.67. The number of hydrogen-bond acceptors (Lipinski definition) is 7. The lowest BCUT2D eigenvalue weighted by atomic mass is 10.3. The van der Waals surface area contributed by atoms with Crippen LogP contribution >= 0.6 is 0 Å². The number of carbonyl (C=O) groups excluding carboxylic acids is 1. The maximum atomic E-state index is 11.4. The molecule has 0 unspecified atom stereocenters. The van der Waals surface area contributed by atoms with Crippen LogP contribution in [0.1, 0.15) is 6.42 Å². The van der Waals surface area contributed by atoms with Gasteiger partial charge in [-0.1, -0.05) is 12.1 Å². The van der Waals surface area contributed by atoms with Crippen LogP contribution in [0, 0.1) is 0 Å². The normalized spacial score (nSPS) is 10.8. The van der Waals surface area contributed by atoms with Gasteiger partial charge in [0.2, 0.25) is 5.91 Å². The second-order valence-corrected chi connectivity index (χ2v) is 4.38. The highest BCUT2D eigenvalue weighted by molar-refractivity contribution is 5.90. The van der Waals surface area contributed by atoms with Gasteiger partial charge in [0.1, 0.15) is 22.9 Å². The van der Waals surface area contributed by atoms with E-state index in [1.54, 1.807) is 30.3 Å². The van der Waals surface area contributed by atoms with Gasteiger partial charge in [0, 0.05) is 13.0 Å². The number of anilines is 2. The highest BCUT2D eigenvalue weighted by atomic mass is 16.3. The summed E-state index contributed by atoms with van der Waals surface area (Å²) in [6.07, 6.45) is 0.205. The van der Waals surface area contributed by atoms with E-state index in [1.807, 2.05) is 0 Å². The number of azo groups is 1. The van der Waals surface area contributed by atoms with Crippen LogP contribution in [-0.4, -0.2) is 22.5 Å². The smallest absolute Gasteiger partial charge is 0.226 e. The summed E-state index contributed by atoms with van der Waals surface area (Å²) < 4.78 is 0. The average molecular weight is 300 g/mol. The van der Waals surface area contributed by atoms with E-state index in [0.29, 0.717) is 17.2 Å².